The SMILES string of the molecule is Cc1ncc(-c2c(C(F)I)ccc(C#N)c2F)nc1C(=O)Nc1cnn(C)c1. The molecule has 0 spiro atoms. The molecule has 1 unspecified atom stereocenters. The summed E-state index contributed by atoms with van der Waals surface area (Å²) in [6.07, 6.45) is 4.31. The number of halogens is 3. The molecule has 0 fully saturated rings. The lowest BCUT2D eigenvalue weighted by atomic mass is 10.0. The average Bonchev–Trinajstić information content (AvgIpc) is 3.06. The Morgan fingerprint density at radius 3 is 2.75 bits per heavy atom. The van der Waals surface area contributed by atoms with Crippen molar-refractivity contribution in [3.05, 3.63) is 59.1 Å². The number of hydrogen-bond acceptors (Lipinski definition) is 5. The van der Waals surface area contributed by atoms with Gasteiger partial charge in [-0.1, -0.05) is 6.07 Å². The molecule has 2 aromatic heterocycles. The molecule has 1 N–H and O–H groups in total. The van der Waals surface area contributed by atoms with Gasteiger partial charge in [0.15, 0.2) is 10.00 Å². The molecule has 1 aromatic carbocycles. The topological polar surface area (TPSA) is 96.5 Å². The van der Waals surface area contributed by atoms with Gasteiger partial charge in [-0.05, 0) is 35.6 Å². The van der Waals surface area contributed by atoms with E-state index < -0.39 is 15.9 Å². The molecule has 0 radical (unpaired) electrons. The molecule has 10 heteroatoms. The largest absolute Gasteiger partial charge is 0.318 e. The minimum absolute atomic E-state index is 0.00821. The summed E-state index contributed by atoms with van der Waals surface area (Å²) in [5.74, 6) is -1.47. The number of aryl methyl sites for hydroxylation is 2. The molecular weight excluding hydrogens is 481 g/mol. The molecule has 0 aliphatic rings. The second-order valence-electron chi connectivity index (χ2n) is 5.85. The Labute approximate surface area is 172 Å². The molecule has 1 amide bonds. The second-order valence-corrected chi connectivity index (χ2v) is 6.94. The maximum atomic E-state index is 14.8. The van der Waals surface area contributed by atoms with Gasteiger partial charge in [0, 0.05) is 24.4 Å². The third kappa shape index (κ3) is 3.84. The summed E-state index contributed by atoms with van der Waals surface area (Å²) >= 11 is 1.49. The van der Waals surface area contributed by atoms with Gasteiger partial charge in [-0.3, -0.25) is 14.5 Å². The summed E-state index contributed by atoms with van der Waals surface area (Å²) < 4.78 is 28.8. The Bertz CT molecular complexity index is 1110. The highest BCUT2D eigenvalue weighted by atomic mass is 127. The van der Waals surface area contributed by atoms with Crippen molar-refractivity contribution in [2.24, 2.45) is 7.05 Å². The van der Waals surface area contributed by atoms with Crippen molar-refractivity contribution in [1.82, 2.24) is 19.7 Å². The molecule has 0 aliphatic heterocycles. The zero-order valence-corrected chi connectivity index (χ0v) is 16.9. The number of carbonyl (C=O) groups excluding carboxylic acids is 1. The van der Waals surface area contributed by atoms with Crippen LogP contribution in [-0.2, 0) is 7.05 Å². The van der Waals surface area contributed by atoms with Crippen LogP contribution in [0.5, 0.6) is 0 Å². The lowest BCUT2D eigenvalue weighted by Crippen LogP contribution is -2.16. The Hall–Kier alpha value is -2.94. The van der Waals surface area contributed by atoms with Crippen LogP contribution in [0.2, 0.25) is 0 Å². The molecular formula is C18H13F2IN6O. The fraction of sp³-hybridized carbons (Fsp3) is 0.167. The summed E-state index contributed by atoms with van der Waals surface area (Å²) in [6.45, 7) is 1.58. The Morgan fingerprint density at radius 1 is 1.39 bits per heavy atom. The maximum absolute atomic E-state index is 14.8. The third-order valence-electron chi connectivity index (χ3n) is 3.92. The summed E-state index contributed by atoms with van der Waals surface area (Å²) in [7, 11) is 1.70. The average molecular weight is 494 g/mol. The molecule has 0 aliphatic carbocycles. The standard InChI is InChI=1S/C18H13F2IN6O/c1-9-16(18(28)25-11-6-24-27(2)8-11)26-13(7-23-9)14-12(17(20)21)4-3-10(5-22)15(14)19/h3-4,6-8,17H,1-2H3,(H,25,28). The number of anilines is 1. The van der Waals surface area contributed by atoms with E-state index in [0.717, 1.165) is 0 Å². The Balaban J connectivity index is 2.09. The van der Waals surface area contributed by atoms with Crippen molar-refractivity contribution in [3.63, 3.8) is 0 Å². The van der Waals surface area contributed by atoms with Gasteiger partial charge in [0.05, 0.1) is 35.0 Å². The van der Waals surface area contributed by atoms with Crippen molar-refractivity contribution in [3.8, 4) is 17.3 Å². The number of carbonyl (C=O) groups is 1. The van der Waals surface area contributed by atoms with Crippen LogP contribution in [0.4, 0.5) is 14.5 Å². The van der Waals surface area contributed by atoms with Gasteiger partial charge in [-0.25, -0.2) is 13.8 Å². The third-order valence-corrected chi connectivity index (χ3v) is 4.59. The predicted molar refractivity (Wildman–Crippen MR) is 106 cm³/mol. The highest BCUT2D eigenvalue weighted by molar-refractivity contribution is 14.1. The molecule has 0 saturated carbocycles. The Kier molecular flexibility index (Phi) is 5.64. The van der Waals surface area contributed by atoms with Crippen LogP contribution in [0.3, 0.4) is 0 Å². The van der Waals surface area contributed by atoms with Crippen molar-refractivity contribution in [2.45, 2.75) is 11.1 Å². The van der Waals surface area contributed by atoms with Crippen LogP contribution in [-0.4, -0.2) is 25.7 Å². The van der Waals surface area contributed by atoms with E-state index in [-0.39, 0.29) is 28.1 Å². The van der Waals surface area contributed by atoms with E-state index in [1.807, 2.05) is 0 Å². The Morgan fingerprint density at radius 2 is 2.14 bits per heavy atom. The lowest BCUT2D eigenvalue weighted by molar-refractivity contribution is 0.102. The van der Waals surface area contributed by atoms with Crippen LogP contribution < -0.4 is 5.32 Å². The summed E-state index contributed by atoms with van der Waals surface area (Å²) in [6, 6.07) is 4.25. The molecule has 142 valence electrons. The number of amides is 1. The van der Waals surface area contributed by atoms with Gasteiger partial charge >= 0.3 is 0 Å². The summed E-state index contributed by atoms with van der Waals surface area (Å²) in [5.41, 5.74) is 0.254. The zero-order chi connectivity index (χ0) is 20.4. The number of aromatic nitrogens is 4. The second kappa shape index (κ2) is 7.97. The highest BCUT2D eigenvalue weighted by Crippen LogP contribution is 2.36. The highest BCUT2D eigenvalue weighted by Gasteiger charge is 2.23. The minimum atomic E-state index is -1.54. The van der Waals surface area contributed by atoms with Crippen LogP contribution in [0, 0.1) is 24.1 Å². The number of hydrogen-bond donors (Lipinski definition) is 1. The zero-order valence-electron chi connectivity index (χ0n) is 14.7. The minimum Gasteiger partial charge on any atom is -0.318 e. The maximum Gasteiger partial charge on any atom is 0.276 e. The molecule has 3 rings (SSSR count). The lowest BCUT2D eigenvalue weighted by Gasteiger charge is -2.13. The van der Waals surface area contributed by atoms with E-state index in [2.05, 4.69) is 20.4 Å². The first-order valence-electron chi connectivity index (χ1n) is 7.96. The molecule has 0 saturated heterocycles. The molecule has 0 bridgehead atoms. The van der Waals surface area contributed by atoms with Gasteiger partial charge in [0.25, 0.3) is 5.91 Å². The first-order valence-corrected chi connectivity index (χ1v) is 9.21. The van der Waals surface area contributed by atoms with Crippen LogP contribution in [0.1, 0.15) is 31.5 Å². The quantitative estimate of drug-likeness (QED) is 0.439. The van der Waals surface area contributed by atoms with Crippen LogP contribution in [0.15, 0.2) is 30.7 Å². The number of nitriles is 1. The van der Waals surface area contributed by atoms with E-state index in [9.17, 15) is 13.6 Å². The number of benzene rings is 1. The van der Waals surface area contributed by atoms with Gasteiger partial charge in [0.2, 0.25) is 0 Å². The first-order chi connectivity index (χ1) is 13.3. The number of alkyl halides is 2. The van der Waals surface area contributed by atoms with Crippen molar-refractivity contribution in [2.75, 3.05) is 5.32 Å². The molecule has 1 atom stereocenters. The van der Waals surface area contributed by atoms with E-state index in [0.29, 0.717) is 11.4 Å². The molecule has 3 aromatic rings. The fourth-order valence-electron chi connectivity index (χ4n) is 2.58. The molecule has 7 nitrogen and oxygen atoms in total. The molecule has 28 heavy (non-hydrogen) atoms. The molecule has 2 heterocycles. The van der Waals surface area contributed by atoms with Gasteiger partial charge in [-0.15, -0.1) is 0 Å². The number of nitrogens with zero attached hydrogens (tertiary/aromatic N) is 5. The van der Waals surface area contributed by atoms with Gasteiger partial charge in [-0.2, -0.15) is 10.4 Å². The first kappa shape index (κ1) is 19.8. The van der Waals surface area contributed by atoms with Crippen LogP contribution in [0.25, 0.3) is 11.3 Å². The van der Waals surface area contributed by atoms with E-state index in [4.69, 9.17) is 5.26 Å². The summed E-state index contributed by atoms with van der Waals surface area (Å²) in [4.78, 5) is 20.9. The number of rotatable bonds is 4. The fourth-order valence-corrected chi connectivity index (χ4v) is 3.10. The van der Waals surface area contributed by atoms with Crippen molar-refractivity contribution in [1.29, 1.82) is 5.26 Å². The predicted octanol–water partition coefficient (Wildman–Crippen LogP) is 3.85. The van der Waals surface area contributed by atoms with E-state index in [1.54, 1.807) is 26.2 Å². The number of nitrogens with one attached hydrogen (secondary N) is 1. The van der Waals surface area contributed by atoms with Gasteiger partial charge in [0.1, 0.15) is 11.8 Å². The normalized spacial score (nSPS) is 11.7. The smallest absolute Gasteiger partial charge is 0.276 e. The summed E-state index contributed by atoms with van der Waals surface area (Å²) in [5, 5.41) is 15.7. The monoisotopic (exact) mass is 494 g/mol. The van der Waals surface area contributed by atoms with E-state index in [1.165, 1.54) is 51.8 Å². The van der Waals surface area contributed by atoms with Crippen molar-refractivity contribution < 1.29 is 13.6 Å². The van der Waals surface area contributed by atoms with Gasteiger partial charge < -0.3 is 5.32 Å². The van der Waals surface area contributed by atoms with Crippen molar-refractivity contribution >= 4 is 34.2 Å². The van der Waals surface area contributed by atoms with E-state index >= 15 is 0 Å². The van der Waals surface area contributed by atoms with Crippen LogP contribution >= 0.6 is 22.6 Å².